The molecule has 2 aliphatic heterocycles. The smallest absolute Gasteiger partial charge is 0.306 e. The molecule has 0 radical (unpaired) electrons. The van der Waals surface area contributed by atoms with Crippen molar-refractivity contribution in [3.63, 3.8) is 0 Å². The third-order valence-electron chi connectivity index (χ3n) is 8.28. The summed E-state index contributed by atoms with van der Waals surface area (Å²) < 4.78 is 13.3. The SMILES string of the molecule is CCC(CCN1CCC(CCC(=O)c2ccc3c(c2)CN(Cc2ccc(F)cc2)CCC3)CC1)C(=O)O.Cl.Cl. The predicted molar refractivity (Wildman–Crippen MR) is 159 cm³/mol. The number of carboxylic acids is 1. The number of carbonyl (C=O) groups is 2. The van der Waals surface area contributed by atoms with Gasteiger partial charge < -0.3 is 10.0 Å². The van der Waals surface area contributed by atoms with Crippen LogP contribution in [0.15, 0.2) is 42.5 Å². The van der Waals surface area contributed by atoms with Crippen molar-refractivity contribution in [2.45, 2.75) is 71.4 Å². The Balaban J connectivity index is 0.00000267. The normalized spacial score (nSPS) is 17.3. The summed E-state index contributed by atoms with van der Waals surface area (Å²) in [5.74, 6) is -0.347. The molecular formula is C31H43Cl2FN2O3. The number of aryl methyl sites for hydroxylation is 1. The van der Waals surface area contributed by atoms with Gasteiger partial charge in [0.05, 0.1) is 5.92 Å². The second kappa shape index (κ2) is 16.3. The lowest BCUT2D eigenvalue weighted by Gasteiger charge is -2.32. The Morgan fingerprint density at radius 2 is 1.72 bits per heavy atom. The Labute approximate surface area is 245 Å². The number of piperidine rings is 1. The summed E-state index contributed by atoms with van der Waals surface area (Å²) in [6.45, 7) is 7.37. The summed E-state index contributed by atoms with van der Waals surface area (Å²) in [4.78, 5) is 29.1. The summed E-state index contributed by atoms with van der Waals surface area (Å²) in [7, 11) is 0. The van der Waals surface area contributed by atoms with Crippen molar-refractivity contribution in [1.82, 2.24) is 9.80 Å². The third-order valence-corrected chi connectivity index (χ3v) is 8.28. The molecule has 2 aliphatic rings. The number of hydrogen-bond donors (Lipinski definition) is 1. The van der Waals surface area contributed by atoms with Gasteiger partial charge in [-0.2, -0.15) is 0 Å². The number of carbonyl (C=O) groups excluding carboxylic acids is 1. The average molecular weight is 582 g/mol. The molecule has 2 aromatic rings. The summed E-state index contributed by atoms with van der Waals surface area (Å²) in [5.41, 5.74) is 4.50. The highest BCUT2D eigenvalue weighted by molar-refractivity contribution is 5.96. The zero-order valence-electron chi connectivity index (χ0n) is 22.9. The van der Waals surface area contributed by atoms with Gasteiger partial charge in [-0.25, -0.2) is 4.39 Å². The molecule has 216 valence electrons. The van der Waals surface area contributed by atoms with Gasteiger partial charge >= 0.3 is 5.97 Å². The van der Waals surface area contributed by atoms with Crippen molar-refractivity contribution in [2.24, 2.45) is 11.8 Å². The van der Waals surface area contributed by atoms with Gasteiger partial charge in [-0.1, -0.05) is 31.2 Å². The first-order valence-corrected chi connectivity index (χ1v) is 14.0. The maximum atomic E-state index is 13.3. The molecule has 0 spiro atoms. The van der Waals surface area contributed by atoms with Crippen molar-refractivity contribution in [2.75, 3.05) is 26.2 Å². The highest BCUT2D eigenvalue weighted by Crippen LogP contribution is 2.26. The molecule has 8 heteroatoms. The molecule has 0 bridgehead atoms. The molecule has 1 N–H and O–H groups in total. The van der Waals surface area contributed by atoms with Gasteiger partial charge in [-0.05, 0) is 112 Å². The van der Waals surface area contributed by atoms with Gasteiger partial charge in [-0.3, -0.25) is 14.5 Å². The Morgan fingerprint density at radius 3 is 2.38 bits per heavy atom. The maximum absolute atomic E-state index is 13.3. The number of rotatable bonds is 11. The van der Waals surface area contributed by atoms with Crippen LogP contribution in [-0.2, 0) is 24.3 Å². The van der Waals surface area contributed by atoms with Crippen LogP contribution in [0, 0.1) is 17.7 Å². The molecule has 2 heterocycles. The van der Waals surface area contributed by atoms with Crippen molar-refractivity contribution in [1.29, 1.82) is 0 Å². The van der Waals surface area contributed by atoms with Crippen molar-refractivity contribution in [3.8, 4) is 0 Å². The fourth-order valence-electron chi connectivity index (χ4n) is 5.81. The highest BCUT2D eigenvalue weighted by Gasteiger charge is 2.23. The number of aliphatic carboxylic acids is 1. The molecule has 0 amide bonds. The van der Waals surface area contributed by atoms with Gasteiger partial charge in [-0.15, -0.1) is 24.8 Å². The second-order valence-corrected chi connectivity index (χ2v) is 10.9. The summed E-state index contributed by atoms with van der Waals surface area (Å²) in [6, 6.07) is 13.0. The minimum atomic E-state index is -0.686. The summed E-state index contributed by atoms with van der Waals surface area (Å²) in [6.07, 6.45) is 7.17. The minimum absolute atomic E-state index is 0. The van der Waals surface area contributed by atoms with E-state index < -0.39 is 5.97 Å². The van der Waals surface area contributed by atoms with E-state index in [1.165, 1.54) is 23.3 Å². The van der Waals surface area contributed by atoms with Crippen molar-refractivity contribution in [3.05, 3.63) is 70.5 Å². The van der Waals surface area contributed by atoms with E-state index in [0.29, 0.717) is 25.2 Å². The second-order valence-electron chi connectivity index (χ2n) is 10.9. The average Bonchev–Trinajstić information content (AvgIpc) is 3.10. The van der Waals surface area contributed by atoms with Crippen molar-refractivity contribution < 1.29 is 19.1 Å². The van der Waals surface area contributed by atoms with Crippen LogP contribution in [0.4, 0.5) is 4.39 Å². The first-order valence-electron chi connectivity index (χ1n) is 14.0. The largest absolute Gasteiger partial charge is 0.481 e. The Morgan fingerprint density at radius 1 is 1.00 bits per heavy atom. The van der Waals surface area contributed by atoms with Crippen LogP contribution >= 0.6 is 24.8 Å². The lowest BCUT2D eigenvalue weighted by Crippen LogP contribution is -2.35. The van der Waals surface area contributed by atoms with Crippen LogP contribution in [-0.4, -0.2) is 52.8 Å². The molecule has 5 nitrogen and oxygen atoms in total. The quantitative estimate of drug-likeness (QED) is 0.296. The van der Waals surface area contributed by atoms with Crippen LogP contribution in [0.1, 0.15) is 78.9 Å². The van der Waals surface area contributed by atoms with Crippen LogP contribution < -0.4 is 0 Å². The van der Waals surface area contributed by atoms with E-state index >= 15 is 0 Å². The van der Waals surface area contributed by atoms with E-state index in [1.807, 2.05) is 25.1 Å². The monoisotopic (exact) mass is 580 g/mol. The van der Waals surface area contributed by atoms with Gasteiger partial charge in [0.2, 0.25) is 0 Å². The number of ketones is 1. The Bertz CT molecular complexity index is 1060. The highest BCUT2D eigenvalue weighted by atomic mass is 35.5. The number of Topliss-reactive ketones (excluding diaryl/α,β-unsaturated/α-hetero) is 1. The van der Waals surface area contributed by atoms with E-state index in [1.54, 1.807) is 0 Å². The Hall–Kier alpha value is -1.99. The van der Waals surface area contributed by atoms with Gasteiger partial charge in [0.25, 0.3) is 0 Å². The first kappa shape index (κ1) is 33.2. The number of carboxylic acid groups (broad SMARTS) is 1. The van der Waals surface area contributed by atoms with E-state index in [4.69, 9.17) is 0 Å². The van der Waals surface area contributed by atoms with Gasteiger partial charge in [0, 0.05) is 25.1 Å². The summed E-state index contributed by atoms with van der Waals surface area (Å²) in [5, 5.41) is 9.26. The number of likely N-dealkylation sites (tertiary alicyclic amines) is 1. The molecule has 0 saturated carbocycles. The predicted octanol–water partition coefficient (Wildman–Crippen LogP) is 6.79. The number of hydrogen-bond acceptors (Lipinski definition) is 4. The number of benzene rings is 2. The maximum Gasteiger partial charge on any atom is 0.306 e. The van der Waals surface area contributed by atoms with Gasteiger partial charge in [0.15, 0.2) is 5.78 Å². The Kier molecular flexibility index (Phi) is 13.9. The zero-order valence-corrected chi connectivity index (χ0v) is 24.6. The van der Waals surface area contributed by atoms with Crippen LogP contribution in [0.3, 0.4) is 0 Å². The third kappa shape index (κ3) is 9.86. The van der Waals surface area contributed by atoms with E-state index in [2.05, 4.69) is 21.9 Å². The molecule has 0 aromatic heterocycles. The van der Waals surface area contributed by atoms with Crippen LogP contribution in [0.5, 0.6) is 0 Å². The topological polar surface area (TPSA) is 60.9 Å². The van der Waals surface area contributed by atoms with E-state index in [9.17, 15) is 19.1 Å². The number of halogens is 3. The molecule has 1 saturated heterocycles. The van der Waals surface area contributed by atoms with Crippen molar-refractivity contribution >= 4 is 36.6 Å². The fraction of sp³-hybridized carbons (Fsp3) is 0.548. The van der Waals surface area contributed by atoms with E-state index in [-0.39, 0.29) is 42.3 Å². The van der Waals surface area contributed by atoms with Crippen LogP contribution in [0.25, 0.3) is 0 Å². The number of fused-ring (bicyclic) bond motifs is 1. The molecule has 1 fully saturated rings. The standard InChI is InChI=1S/C31H41FN2O3.2ClH/c1-2-25(31(36)37)15-19-33-17-13-23(14-18-33)7-12-30(35)27-9-8-26-4-3-16-34(22-28(26)20-27)21-24-5-10-29(32)11-6-24;;/h5-6,8-11,20,23,25H,2-4,7,12-19,21-22H2,1H3,(H,36,37);2*1H. The molecule has 4 rings (SSSR count). The fourth-order valence-corrected chi connectivity index (χ4v) is 5.81. The number of nitrogens with zero attached hydrogens (tertiary/aromatic N) is 2. The molecular weight excluding hydrogens is 538 g/mol. The van der Waals surface area contributed by atoms with Gasteiger partial charge in [0.1, 0.15) is 5.82 Å². The first-order chi connectivity index (χ1) is 17.9. The van der Waals surface area contributed by atoms with E-state index in [0.717, 1.165) is 82.5 Å². The minimum Gasteiger partial charge on any atom is -0.481 e. The lowest BCUT2D eigenvalue weighted by atomic mass is 9.89. The van der Waals surface area contributed by atoms with Crippen LogP contribution in [0.2, 0.25) is 0 Å². The molecule has 0 aliphatic carbocycles. The molecule has 39 heavy (non-hydrogen) atoms. The molecule has 1 unspecified atom stereocenters. The summed E-state index contributed by atoms with van der Waals surface area (Å²) >= 11 is 0. The lowest BCUT2D eigenvalue weighted by molar-refractivity contribution is -0.142. The zero-order chi connectivity index (χ0) is 26.2. The molecule has 1 atom stereocenters. The molecule has 2 aromatic carbocycles.